The normalized spacial score (nSPS) is 14.6. The average molecular weight is 312 g/mol. The summed E-state index contributed by atoms with van der Waals surface area (Å²) in [6.45, 7) is 6.74. The molecule has 0 saturated carbocycles. The maximum Gasteiger partial charge on any atom is 0.259 e. The van der Waals surface area contributed by atoms with E-state index in [1.807, 2.05) is 38.1 Å². The average Bonchev–Trinajstić information content (AvgIpc) is 2.57. The largest absolute Gasteiger partial charge is 0.378 e. The molecule has 6 nitrogen and oxygen atoms in total. The van der Waals surface area contributed by atoms with E-state index < -0.39 is 0 Å². The number of ether oxygens (including phenoxy) is 1. The second kappa shape index (κ2) is 6.75. The molecule has 2 aromatic rings. The van der Waals surface area contributed by atoms with Gasteiger partial charge in [-0.2, -0.15) is 0 Å². The summed E-state index contributed by atoms with van der Waals surface area (Å²) >= 11 is 0. The second-order valence-corrected chi connectivity index (χ2v) is 5.59. The zero-order valence-electron chi connectivity index (χ0n) is 13.4. The third kappa shape index (κ3) is 3.65. The second-order valence-electron chi connectivity index (χ2n) is 5.59. The molecule has 0 aliphatic carbocycles. The van der Waals surface area contributed by atoms with Gasteiger partial charge in [-0.3, -0.25) is 4.79 Å². The predicted molar refractivity (Wildman–Crippen MR) is 88.9 cm³/mol. The van der Waals surface area contributed by atoms with Crippen molar-refractivity contribution in [3.63, 3.8) is 0 Å². The first-order valence-electron chi connectivity index (χ1n) is 7.68. The number of nitrogens with zero attached hydrogens (tertiary/aromatic N) is 3. The minimum absolute atomic E-state index is 0.195. The molecule has 1 aromatic heterocycles. The summed E-state index contributed by atoms with van der Waals surface area (Å²) < 4.78 is 5.33. The van der Waals surface area contributed by atoms with E-state index in [1.54, 1.807) is 6.20 Å². The van der Waals surface area contributed by atoms with Gasteiger partial charge >= 0.3 is 0 Å². The van der Waals surface area contributed by atoms with E-state index in [4.69, 9.17) is 4.74 Å². The van der Waals surface area contributed by atoms with Crippen molar-refractivity contribution in [2.75, 3.05) is 36.5 Å². The van der Waals surface area contributed by atoms with Gasteiger partial charge in [-0.25, -0.2) is 9.97 Å². The van der Waals surface area contributed by atoms with Crippen molar-refractivity contribution >= 4 is 17.5 Å². The molecule has 0 atom stereocenters. The number of morpholine rings is 1. The van der Waals surface area contributed by atoms with Crippen LogP contribution in [-0.2, 0) is 4.74 Å². The number of amides is 1. The lowest BCUT2D eigenvalue weighted by atomic mass is 10.2. The lowest BCUT2D eigenvalue weighted by Gasteiger charge is -2.27. The third-order valence-corrected chi connectivity index (χ3v) is 3.81. The van der Waals surface area contributed by atoms with Crippen LogP contribution in [0.1, 0.15) is 21.6 Å². The number of rotatable bonds is 3. The fourth-order valence-electron chi connectivity index (χ4n) is 2.43. The fraction of sp³-hybridized carbons (Fsp3) is 0.353. The van der Waals surface area contributed by atoms with E-state index in [0.29, 0.717) is 30.4 Å². The first-order chi connectivity index (χ1) is 11.1. The van der Waals surface area contributed by atoms with Gasteiger partial charge in [0.25, 0.3) is 5.91 Å². The van der Waals surface area contributed by atoms with Crippen LogP contribution in [0.4, 0.5) is 11.6 Å². The Morgan fingerprint density at radius 1 is 1.17 bits per heavy atom. The van der Waals surface area contributed by atoms with E-state index >= 15 is 0 Å². The molecule has 1 aliphatic rings. The van der Waals surface area contributed by atoms with Crippen LogP contribution in [0.5, 0.6) is 0 Å². The first kappa shape index (κ1) is 15.4. The smallest absolute Gasteiger partial charge is 0.259 e. The van der Waals surface area contributed by atoms with Gasteiger partial charge in [-0.05, 0) is 26.0 Å². The topological polar surface area (TPSA) is 67.4 Å². The lowest BCUT2D eigenvalue weighted by molar-refractivity contribution is 0.102. The molecule has 0 spiro atoms. The van der Waals surface area contributed by atoms with Crippen molar-refractivity contribution in [1.82, 2.24) is 9.97 Å². The summed E-state index contributed by atoms with van der Waals surface area (Å²) in [4.78, 5) is 23.3. The maximum atomic E-state index is 12.4. The molecule has 0 bridgehead atoms. The van der Waals surface area contributed by atoms with Crippen LogP contribution in [-0.4, -0.2) is 42.2 Å². The van der Waals surface area contributed by atoms with Crippen molar-refractivity contribution in [3.8, 4) is 0 Å². The predicted octanol–water partition coefficient (Wildman–Crippen LogP) is 2.18. The highest BCUT2D eigenvalue weighted by Gasteiger charge is 2.17. The molecule has 0 unspecified atom stereocenters. The number of aromatic nitrogens is 2. The van der Waals surface area contributed by atoms with Crippen molar-refractivity contribution < 1.29 is 9.53 Å². The number of anilines is 2. The summed E-state index contributed by atoms with van der Waals surface area (Å²) in [5.74, 6) is 0.456. The maximum absolute atomic E-state index is 12.4. The molecule has 6 heteroatoms. The van der Waals surface area contributed by atoms with Gasteiger partial charge in [0, 0.05) is 25.0 Å². The number of hydrogen-bond donors (Lipinski definition) is 1. The van der Waals surface area contributed by atoms with Gasteiger partial charge in [-0.15, -0.1) is 0 Å². The third-order valence-electron chi connectivity index (χ3n) is 3.81. The number of nitrogens with one attached hydrogen (secondary N) is 1. The van der Waals surface area contributed by atoms with E-state index in [2.05, 4.69) is 20.2 Å². The molecular formula is C17H20N4O2. The van der Waals surface area contributed by atoms with Gasteiger partial charge < -0.3 is 15.0 Å². The minimum atomic E-state index is -0.195. The molecule has 120 valence electrons. The van der Waals surface area contributed by atoms with E-state index in [0.717, 1.165) is 24.3 Å². The Balaban J connectivity index is 1.74. The van der Waals surface area contributed by atoms with Crippen molar-refractivity contribution in [1.29, 1.82) is 0 Å². The molecule has 1 saturated heterocycles. The van der Waals surface area contributed by atoms with E-state index in [9.17, 15) is 4.79 Å². The zero-order chi connectivity index (χ0) is 16.2. The molecule has 1 fully saturated rings. The monoisotopic (exact) mass is 312 g/mol. The van der Waals surface area contributed by atoms with Crippen LogP contribution in [0, 0.1) is 13.8 Å². The van der Waals surface area contributed by atoms with Crippen LogP contribution >= 0.6 is 0 Å². The standard InChI is InChI=1S/C17H20N4O2/c1-12-3-5-14(6-4-12)20-16(22)15-11-18-17(19-13(15)2)21-7-9-23-10-8-21/h3-6,11H,7-10H2,1-2H3,(H,20,22). The molecular weight excluding hydrogens is 292 g/mol. The van der Waals surface area contributed by atoms with Crippen LogP contribution < -0.4 is 10.2 Å². The van der Waals surface area contributed by atoms with Crippen molar-refractivity contribution in [2.24, 2.45) is 0 Å². The Hall–Kier alpha value is -2.47. The Morgan fingerprint density at radius 2 is 1.87 bits per heavy atom. The molecule has 1 amide bonds. The Labute approximate surface area is 135 Å². The van der Waals surface area contributed by atoms with E-state index in [-0.39, 0.29) is 5.91 Å². The van der Waals surface area contributed by atoms with Crippen LogP contribution in [0.15, 0.2) is 30.5 Å². The highest BCUT2D eigenvalue weighted by atomic mass is 16.5. The molecule has 1 aromatic carbocycles. The molecule has 0 radical (unpaired) electrons. The van der Waals surface area contributed by atoms with Gasteiger partial charge in [0.15, 0.2) is 0 Å². The molecule has 1 aliphatic heterocycles. The molecule has 23 heavy (non-hydrogen) atoms. The Morgan fingerprint density at radius 3 is 2.52 bits per heavy atom. The first-order valence-corrected chi connectivity index (χ1v) is 7.68. The van der Waals surface area contributed by atoms with Crippen molar-refractivity contribution in [3.05, 3.63) is 47.3 Å². The SMILES string of the molecule is Cc1ccc(NC(=O)c2cnc(N3CCOCC3)nc2C)cc1. The van der Waals surface area contributed by atoms with Crippen LogP contribution in [0.3, 0.4) is 0 Å². The van der Waals surface area contributed by atoms with Gasteiger partial charge in [0.05, 0.1) is 24.5 Å². The van der Waals surface area contributed by atoms with Gasteiger partial charge in [0.2, 0.25) is 5.95 Å². The summed E-state index contributed by atoms with van der Waals surface area (Å²) in [5, 5.41) is 2.87. The fourth-order valence-corrected chi connectivity index (χ4v) is 2.43. The molecule has 3 rings (SSSR count). The highest BCUT2D eigenvalue weighted by molar-refractivity contribution is 6.04. The molecule has 2 heterocycles. The Bertz CT molecular complexity index is 694. The minimum Gasteiger partial charge on any atom is -0.378 e. The highest BCUT2D eigenvalue weighted by Crippen LogP contribution is 2.15. The summed E-state index contributed by atoms with van der Waals surface area (Å²) in [5.41, 5.74) is 3.07. The van der Waals surface area contributed by atoms with Gasteiger partial charge in [-0.1, -0.05) is 17.7 Å². The lowest BCUT2D eigenvalue weighted by Crippen LogP contribution is -2.37. The van der Waals surface area contributed by atoms with Crippen molar-refractivity contribution in [2.45, 2.75) is 13.8 Å². The summed E-state index contributed by atoms with van der Waals surface area (Å²) in [6.07, 6.45) is 1.59. The summed E-state index contributed by atoms with van der Waals surface area (Å²) in [7, 11) is 0. The number of hydrogen-bond acceptors (Lipinski definition) is 5. The number of carbonyl (C=O) groups excluding carboxylic acids is 1. The van der Waals surface area contributed by atoms with Crippen LogP contribution in [0.2, 0.25) is 0 Å². The number of carbonyl (C=O) groups is 1. The number of aryl methyl sites for hydroxylation is 2. The summed E-state index contributed by atoms with van der Waals surface area (Å²) in [6, 6.07) is 7.68. The van der Waals surface area contributed by atoms with Gasteiger partial charge in [0.1, 0.15) is 0 Å². The number of benzene rings is 1. The Kier molecular flexibility index (Phi) is 4.52. The quantitative estimate of drug-likeness (QED) is 0.941. The van der Waals surface area contributed by atoms with E-state index in [1.165, 1.54) is 0 Å². The molecule has 1 N–H and O–H groups in total. The van der Waals surface area contributed by atoms with Crippen LogP contribution in [0.25, 0.3) is 0 Å². The zero-order valence-corrected chi connectivity index (χ0v) is 13.4.